The summed E-state index contributed by atoms with van der Waals surface area (Å²) in [6.45, 7) is 4.31. The Kier molecular flexibility index (Phi) is 5.35. The van der Waals surface area contributed by atoms with Crippen LogP contribution in [0.2, 0.25) is 0 Å². The van der Waals surface area contributed by atoms with Crippen molar-refractivity contribution in [2.75, 3.05) is 22.9 Å². The summed E-state index contributed by atoms with van der Waals surface area (Å²) >= 11 is 1.27. The normalized spacial score (nSPS) is 19.8. The van der Waals surface area contributed by atoms with E-state index in [0.717, 1.165) is 24.7 Å². The van der Waals surface area contributed by atoms with E-state index in [0.29, 0.717) is 16.3 Å². The van der Waals surface area contributed by atoms with Crippen LogP contribution in [0.5, 0.6) is 0 Å². The first-order valence-electron chi connectivity index (χ1n) is 10.8. The highest BCUT2D eigenvalue weighted by Gasteiger charge is 2.46. The fourth-order valence-corrected chi connectivity index (χ4v) is 5.13. The van der Waals surface area contributed by atoms with E-state index in [2.05, 4.69) is 11.8 Å². The van der Waals surface area contributed by atoms with Crippen molar-refractivity contribution in [1.82, 2.24) is 0 Å². The summed E-state index contributed by atoms with van der Waals surface area (Å²) in [5.41, 5.74) is 1.75. The highest BCUT2D eigenvalue weighted by atomic mass is 32.1. The molecule has 2 aliphatic heterocycles. The lowest BCUT2D eigenvalue weighted by molar-refractivity contribution is -0.117. The molecule has 0 spiro atoms. The number of thiophene rings is 1. The van der Waals surface area contributed by atoms with Crippen molar-refractivity contribution in [3.05, 3.63) is 82.1 Å². The number of nitrogens with zero attached hydrogens (tertiary/aromatic N) is 2. The molecule has 164 valence electrons. The van der Waals surface area contributed by atoms with Gasteiger partial charge in [0.1, 0.15) is 11.8 Å². The molecule has 0 aliphatic carbocycles. The third-order valence-electron chi connectivity index (χ3n) is 6.29. The second-order valence-electron chi connectivity index (χ2n) is 8.35. The molecular weight excluding hydrogens is 424 g/mol. The first kappa shape index (κ1) is 20.6. The van der Waals surface area contributed by atoms with E-state index in [1.807, 2.05) is 24.3 Å². The predicted octanol–water partition coefficient (Wildman–Crippen LogP) is 5.36. The quantitative estimate of drug-likeness (QED) is 0.532. The third-order valence-corrected chi connectivity index (χ3v) is 7.16. The molecule has 2 aromatic heterocycles. The second-order valence-corrected chi connectivity index (χ2v) is 9.30. The zero-order valence-electron chi connectivity index (χ0n) is 17.7. The van der Waals surface area contributed by atoms with Crippen LogP contribution < -0.4 is 9.80 Å². The monoisotopic (exact) mass is 448 g/mol. The summed E-state index contributed by atoms with van der Waals surface area (Å²) in [4.78, 5) is 30.6. The fourth-order valence-electron chi connectivity index (χ4n) is 4.45. The van der Waals surface area contributed by atoms with Crippen LogP contribution in [0.15, 0.2) is 75.9 Å². The average Bonchev–Trinajstić information content (AvgIpc) is 3.57. The van der Waals surface area contributed by atoms with Crippen LogP contribution >= 0.6 is 11.3 Å². The van der Waals surface area contributed by atoms with Crippen LogP contribution in [-0.2, 0) is 4.79 Å². The largest absolute Gasteiger partial charge is 0.503 e. The van der Waals surface area contributed by atoms with E-state index in [4.69, 9.17) is 4.42 Å². The van der Waals surface area contributed by atoms with Crippen molar-refractivity contribution in [2.24, 2.45) is 5.92 Å². The first-order valence-corrected chi connectivity index (χ1v) is 11.7. The number of carbonyl (C=O) groups excluding carboxylic acids is 2. The smallest absolute Gasteiger partial charge is 0.294 e. The van der Waals surface area contributed by atoms with Gasteiger partial charge in [-0.15, -0.1) is 11.3 Å². The van der Waals surface area contributed by atoms with Crippen LogP contribution in [0.4, 0.5) is 11.4 Å². The summed E-state index contributed by atoms with van der Waals surface area (Å²) in [5, 5.41) is 12.5. The molecule has 0 saturated carbocycles. The number of rotatable bonds is 5. The molecule has 3 aromatic rings. The number of carbonyl (C=O) groups is 2. The van der Waals surface area contributed by atoms with Crippen molar-refractivity contribution in [1.29, 1.82) is 0 Å². The highest BCUT2D eigenvalue weighted by Crippen LogP contribution is 2.42. The summed E-state index contributed by atoms with van der Waals surface area (Å²) in [6, 6.07) is 13.8. The molecular formula is C25H24N2O4S. The van der Waals surface area contributed by atoms with Crippen molar-refractivity contribution in [3.8, 4) is 0 Å². The van der Waals surface area contributed by atoms with Crippen LogP contribution in [0, 0.1) is 5.92 Å². The molecule has 1 amide bonds. The molecule has 32 heavy (non-hydrogen) atoms. The molecule has 0 radical (unpaired) electrons. The molecule has 1 fully saturated rings. The lowest BCUT2D eigenvalue weighted by Gasteiger charge is -2.32. The van der Waals surface area contributed by atoms with Gasteiger partial charge < -0.3 is 14.4 Å². The minimum Gasteiger partial charge on any atom is -0.503 e. The molecule has 4 heterocycles. The predicted molar refractivity (Wildman–Crippen MR) is 124 cm³/mol. The molecule has 1 N–H and O–H groups in total. The Morgan fingerprint density at radius 2 is 1.78 bits per heavy atom. The van der Waals surface area contributed by atoms with E-state index in [9.17, 15) is 14.7 Å². The molecule has 1 unspecified atom stereocenters. The number of hydrogen-bond donors (Lipinski definition) is 1. The number of benzene rings is 1. The lowest BCUT2D eigenvalue weighted by atomic mass is 9.98. The van der Waals surface area contributed by atoms with E-state index in [1.54, 1.807) is 29.6 Å². The highest BCUT2D eigenvalue weighted by molar-refractivity contribution is 7.12. The molecule has 2 aliphatic rings. The Labute approximate surface area is 190 Å². The molecule has 1 saturated heterocycles. The zero-order chi connectivity index (χ0) is 22.2. The summed E-state index contributed by atoms with van der Waals surface area (Å²) in [7, 11) is 0. The van der Waals surface area contributed by atoms with Crippen LogP contribution in [0.1, 0.15) is 41.2 Å². The molecule has 1 aromatic carbocycles. The number of ketones is 1. The van der Waals surface area contributed by atoms with Gasteiger partial charge in [-0.05, 0) is 66.6 Å². The molecule has 6 nitrogen and oxygen atoms in total. The summed E-state index contributed by atoms with van der Waals surface area (Å²) in [5.74, 6) is -0.329. The Balaban J connectivity index is 1.49. The Morgan fingerprint density at radius 1 is 1.06 bits per heavy atom. The Hall–Kier alpha value is -3.32. The average molecular weight is 449 g/mol. The van der Waals surface area contributed by atoms with Gasteiger partial charge in [0, 0.05) is 24.5 Å². The Morgan fingerprint density at radius 3 is 2.41 bits per heavy atom. The number of anilines is 2. The standard InChI is InChI=1S/C25H24N2O4S/c1-16-10-12-26(13-11-16)17-6-8-18(9-7-17)27-22(19-4-2-14-31-19)21(24(29)25(27)30)23(28)20-5-3-15-32-20/h2-9,14-16,22,29H,10-13H2,1H3. The number of Topliss-reactive ketones (excluding diaryl/α,β-unsaturated/α-hetero) is 1. The number of amides is 1. The van der Waals surface area contributed by atoms with Gasteiger partial charge in [0.15, 0.2) is 5.76 Å². The molecule has 0 bridgehead atoms. The van der Waals surface area contributed by atoms with Gasteiger partial charge in [-0.3, -0.25) is 14.5 Å². The maximum Gasteiger partial charge on any atom is 0.294 e. The van der Waals surface area contributed by atoms with Gasteiger partial charge in [-0.2, -0.15) is 0 Å². The van der Waals surface area contributed by atoms with Gasteiger partial charge in [0.2, 0.25) is 5.78 Å². The number of aliphatic hydroxyl groups is 1. The van der Waals surface area contributed by atoms with Crippen molar-refractivity contribution in [2.45, 2.75) is 25.8 Å². The molecule has 7 heteroatoms. The Bertz CT molecular complexity index is 1140. The summed E-state index contributed by atoms with van der Waals surface area (Å²) in [6.07, 6.45) is 3.83. The van der Waals surface area contributed by atoms with Crippen LogP contribution in [0.3, 0.4) is 0 Å². The SMILES string of the molecule is CC1CCN(c2ccc(N3C(=O)C(O)=C(C(=O)c4cccs4)C3c3ccco3)cc2)CC1. The first-order chi connectivity index (χ1) is 15.5. The van der Waals surface area contributed by atoms with Crippen LogP contribution in [-0.4, -0.2) is 29.9 Å². The molecule has 1 atom stereocenters. The second kappa shape index (κ2) is 8.31. The van der Waals surface area contributed by atoms with E-state index < -0.39 is 17.7 Å². The van der Waals surface area contributed by atoms with Crippen molar-refractivity contribution < 1.29 is 19.1 Å². The van der Waals surface area contributed by atoms with E-state index in [1.165, 1.54) is 35.3 Å². The van der Waals surface area contributed by atoms with Crippen LogP contribution in [0.25, 0.3) is 0 Å². The zero-order valence-corrected chi connectivity index (χ0v) is 18.5. The topological polar surface area (TPSA) is 74.0 Å². The number of aliphatic hydroxyl groups excluding tert-OH is 1. The molecule has 5 rings (SSSR count). The van der Waals surface area contributed by atoms with Gasteiger partial charge in [-0.1, -0.05) is 13.0 Å². The number of piperidine rings is 1. The van der Waals surface area contributed by atoms with Crippen molar-refractivity contribution >= 4 is 34.4 Å². The van der Waals surface area contributed by atoms with Gasteiger partial charge >= 0.3 is 0 Å². The van der Waals surface area contributed by atoms with Gasteiger partial charge in [-0.25, -0.2) is 0 Å². The summed E-state index contributed by atoms with van der Waals surface area (Å²) < 4.78 is 5.60. The van der Waals surface area contributed by atoms with Gasteiger partial charge in [0.25, 0.3) is 5.91 Å². The number of furan rings is 1. The fraction of sp³-hybridized carbons (Fsp3) is 0.280. The maximum atomic E-state index is 13.2. The minimum absolute atomic E-state index is 0.0431. The third kappa shape index (κ3) is 3.52. The number of hydrogen-bond acceptors (Lipinski definition) is 6. The lowest BCUT2D eigenvalue weighted by Crippen LogP contribution is -2.33. The maximum absolute atomic E-state index is 13.2. The van der Waals surface area contributed by atoms with E-state index >= 15 is 0 Å². The minimum atomic E-state index is -0.825. The van der Waals surface area contributed by atoms with Crippen molar-refractivity contribution in [3.63, 3.8) is 0 Å². The van der Waals surface area contributed by atoms with E-state index in [-0.39, 0.29) is 11.4 Å². The van der Waals surface area contributed by atoms with Gasteiger partial charge in [0.05, 0.1) is 16.7 Å².